The van der Waals surface area contributed by atoms with Crippen molar-refractivity contribution in [1.29, 1.82) is 0 Å². The average molecular weight is 412 g/mol. The Kier molecular flexibility index (Phi) is 6.64. The van der Waals surface area contributed by atoms with Crippen molar-refractivity contribution >= 4 is 27.8 Å². The number of ether oxygens (including phenoxy) is 1. The predicted octanol–water partition coefficient (Wildman–Crippen LogP) is 3.93. The van der Waals surface area contributed by atoms with Crippen molar-refractivity contribution in [2.24, 2.45) is 0 Å². The van der Waals surface area contributed by atoms with Crippen molar-refractivity contribution in [2.75, 3.05) is 13.2 Å². The van der Waals surface area contributed by atoms with E-state index in [4.69, 9.17) is 4.74 Å². The molecule has 0 N–H and O–H groups in total. The SMILES string of the molecule is CCN(Cc1cccc(F)c1)C(=O)COC(=O)c1cc(F)ccc1Br. The van der Waals surface area contributed by atoms with E-state index in [-0.39, 0.29) is 17.9 Å². The molecule has 2 aromatic rings. The number of halogens is 3. The molecule has 0 aromatic heterocycles. The van der Waals surface area contributed by atoms with E-state index in [1.807, 2.05) is 0 Å². The number of nitrogens with zero attached hydrogens (tertiary/aromatic N) is 1. The molecule has 7 heteroatoms. The molecule has 4 nitrogen and oxygen atoms in total. The molecule has 0 bridgehead atoms. The summed E-state index contributed by atoms with van der Waals surface area (Å²) in [5.74, 6) is -2.19. The van der Waals surface area contributed by atoms with Gasteiger partial charge in [-0.3, -0.25) is 4.79 Å². The highest BCUT2D eigenvalue weighted by molar-refractivity contribution is 9.10. The van der Waals surface area contributed by atoms with Crippen molar-refractivity contribution < 1.29 is 23.1 Å². The minimum absolute atomic E-state index is 0.000906. The Morgan fingerprint density at radius 3 is 2.52 bits per heavy atom. The normalized spacial score (nSPS) is 10.4. The van der Waals surface area contributed by atoms with E-state index in [9.17, 15) is 18.4 Å². The van der Waals surface area contributed by atoms with Gasteiger partial charge in [0.15, 0.2) is 6.61 Å². The Balaban J connectivity index is 1.97. The first kappa shape index (κ1) is 19.1. The van der Waals surface area contributed by atoms with Gasteiger partial charge in [0.25, 0.3) is 5.91 Å². The summed E-state index contributed by atoms with van der Waals surface area (Å²) in [5, 5.41) is 0. The summed E-state index contributed by atoms with van der Waals surface area (Å²) in [4.78, 5) is 25.7. The summed E-state index contributed by atoms with van der Waals surface area (Å²) in [6, 6.07) is 9.53. The number of likely N-dealkylation sites (N-methyl/N-ethyl adjacent to an activating group) is 1. The highest BCUT2D eigenvalue weighted by atomic mass is 79.9. The third-order valence-corrected chi connectivity index (χ3v) is 4.16. The lowest BCUT2D eigenvalue weighted by Crippen LogP contribution is -2.34. The number of hydrogen-bond donors (Lipinski definition) is 0. The molecule has 0 saturated heterocycles. The zero-order valence-corrected chi connectivity index (χ0v) is 15.1. The Morgan fingerprint density at radius 2 is 1.84 bits per heavy atom. The number of amides is 1. The minimum Gasteiger partial charge on any atom is -0.452 e. The third kappa shape index (κ3) is 5.35. The summed E-state index contributed by atoms with van der Waals surface area (Å²) in [6.45, 7) is 1.86. The minimum atomic E-state index is -0.804. The Bertz CT molecular complexity index is 783. The monoisotopic (exact) mass is 411 g/mol. The van der Waals surface area contributed by atoms with Crippen LogP contribution in [0.5, 0.6) is 0 Å². The smallest absolute Gasteiger partial charge is 0.339 e. The van der Waals surface area contributed by atoms with Crippen LogP contribution in [0.15, 0.2) is 46.9 Å². The van der Waals surface area contributed by atoms with Gasteiger partial charge in [0.05, 0.1) is 5.56 Å². The largest absolute Gasteiger partial charge is 0.452 e. The number of carbonyl (C=O) groups excluding carboxylic acids is 2. The van der Waals surface area contributed by atoms with Crippen molar-refractivity contribution in [2.45, 2.75) is 13.5 Å². The summed E-state index contributed by atoms with van der Waals surface area (Å²) >= 11 is 3.13. The van der Waals surface area contributed by atoms with Crippen molar-refractivity contribution in [3.8, 4) is 0 Å². The van der Waals surface area contributed by atoms with Gasteiger partial charge >= 0.3 is 5.97 Å². The Morgan fingerprint density at radius 1 is 1.12 bits per heavy atom. The molecule has 2 rings (SSSR count). The van der Waals surface area contributed by atoms with Gasteiger partial charge in [-0.15, -0.1) is 0 Å². The summed E-state index contributed by atoms with van der Waals surface area (Å²) in [7, 11) is 0. The first-order chi connectivity index (χ1) is 11.9. The van der Waals surface area contributed by atoms with Gasteiger partial charge in [-0.2, -0.15) is 0 Å². The van der Waals surface area contributed by atoms with E-state index in [1.165, 1.54) is 29.2 Å². The second kappa shape index (κ2) is 8.71. The molecule has 0 saturated carbocycles. The molecule has 0 atom stereocenters. The zero-order chi connectivity index (χ0) is 18.4. The fraction of sp³-hybridized carbons (Fsp3) is 0.222. The van der Waals surface area contributed by atoms with Crippen molar-refractivity contribution in [3.63, 3.8) is 0 Å². The first-order valence-electron chi connectivity index (χ1n) is 7.55. The molecule has 0 aliphatic rings. The molecule has 25 heavy (non-hydrogen) atoms. The third-order valence-electron chi connectivity index (χ3n) is 3.47. The van der Waals surface area contributed by atoms with E-state index >= 15 is 0 Å². The lowest BCUT2D eigenvalue weighted by atomic mass is 10.2. The standard InChI is InChI=1S/C18H16BrF2NO3/c1-2-22(10-12-4-3-5-13(20)8-12)17(23)11-25-18(24)15-9-14(21)6-7-16(15)19/h3-9H,2,10-11H2,1H3. The van der Waals surface area contributed by atoms with Crippen LogP contribution in [0.3, 0.4) is 0 Å². The highest BCUT2D eigenvalue weighted by Gasteiger charge is 2.18. The second-order valence-electron chi connectivity index (χ2n) is 5.24. The van der Waals surface area contributed by atoms with Gasteiger partial charge in [0.2, 0.25) is 0 Å². The quantitative estimate of drug-likeness (QED) is 0.676. The Hall–Kier alpha value is -2.28. The van der Waals surface area contributed by atoms with Crippen LogP contribution in [0, 0.1) is 11.6 Å². The van der Waals surface area contributed by atoms with Gasteiger partial charge in [0, 0.05) is 17.6 Å². The maximum atomic E-state index is 13.2. The molecule has 0 spiro atoms. The maximum Gasteiger partial charge on any atom is 0.339 e. The van der Waals surface area contributed by atoms with E-state index in [2.05, 4.69) is 15.9 Å². The number of esters is 1. The van der Waals surface area contributed by atoms with Crippen molar-refractivity contribution in [1.82, 2.24) is 4.90 Å². The van der Waals surface area contributed by atoms with Crippen LogP contribution in [-0.4, -0.2) is 29.9 Å². The summed E-state index contributed by atoms with van der Waals surface area (Å²) in [5.41, 5.74) is 0.635. The van der Waals surface area contributed by atoms with Gasteiger partial charge < -0.3 is 9.64 Å². The van der Waals surface area contributed by atoms with Crippen LogP contribution < -0.4 is 0 Å². The lowest BCUT2D eigenvalue weighted by molar-refractivity contribution is -0.134. The van der Waals surface area contributed by atoms with Crippen LogP contribution in [-0.2, 0) is 16.1 Å². The van der Waals surface area contributed by atoms with E-state index in [0.29, 0.717) is 16.6 Å². The van der Waals surface area contributed by atoms with Gasteiger partial charge in [-0.25, -0.2) is 13.6 Å². The van der Waals surface area contributed by atoms with Gasteiger partial charge in [-0.1, -0.05) is 12.1 Å². The maximum absolute atomic E-state index is 13.2. The van der Waals surface area contributed by atoms with E-state index in [0.717, 1.165) is 6.07 Å². The second-order valence-corrected chi connectivity index (χ2v) is 6.09. The van der Waals surface area contributed by atoms with Crippen LogP contribution in [0.25, 0.3) is 0 Å². The highest BCUT2D eigenvalue weighted by Crippen LogP contribution is 2.19. The molecule has 2 aromatic carbocycles. The summed E-state index contributed by atoms with van der Waals surface area (Å²) in [6.07, 6.45) is 0. The van der Waals surface area contributed by atoms with E-state index < -0.39 is 24.3 Å². The van der Waals surface area contributed by atoms with Crippen LogP contribution in [0.1, 0.15) is 22.8 Å². The van der Waals surface area contributed by atoms with Crippen LogP contribution in [0.2, 0.25) is 0 Å². The first-order valence-corrected chi connectivity index (χ1v) is 8.34. The molecule has 0 heterocycles. The molecule has 0 aliphatic carbocycles. The van der Waals surface area contributed by atoms with Gasteiger partial charge in [-0.05, 0) is 58.7 Å². The molecule has 1 amide bonds. The van der Waals surface area contributed by atoms with E-state index in [1.54, 1.807) is 19.1 Å². The molecule has 0 fully saturated rings. The molecule has 0 radical (unpaired) electrons. The molecular formula is C18H16BrF2NO3. The topological polar surface area (TPSA) is 46.6 Å². The number of carbonyl (C=O) groups is 2. The van der Waals surface area contributed by atoms with Crippen LogP contribution in [0.4, 0.5) is 8.78 Å². The fourth-order valence-corrected chi connectivity index (χ4v) is 2.59. The summed E-state index contributed by atoms with van der Waals surface area (Å²) < 4.78 is 31.8. The average Bonchev–Trinajstić information content (AvgIpc) is 2.59. The van der Waals surface area contributed by atoms with Crippen molar-refractivity contribution in [3.05, 3.63) is 69.7 Å². The molecule has 132 valence electrons. The van der Waals surface area contributed by atoms with Crippen LogP contribution >= 0.6 is 15.9 Å². The number of rotatable bonds is 6. The van der Waals surface area contributed by atoms with Gasteiger partial charge in [0.1, 0.15) is 11.6 Å². The zero-order valence-electron chi connectivity index (χ0n) is 13.5. The number of benzene rings is 2. The fourth-order valence-electron chi connectivity index (χ4n) is 2.18. The molecule has 0 aliphatic heterocycles. The lowest BCUT2D eigenvalue weighted by Gasteiger charge is -2.21. The predicted molar refractivity (Wildman–Crippen MR) is 91.9 cm³/mol. The number of hydrogen-bond acceptors (Lipinski definition) is 3. The molecule has 0 unspecified atom stereocenters. The Labute approximate surface area is 152 Å². The molecular weight excluding hydrogens is 396 g/mol.